The smallest absolute Gasteiger partial charge is 0.313 e. The van der Waals surface area contributed by atoms with Crippen molar-refractivity contribution < 1.29 is 9.90 Å². The molecule has 44 valence electrons. The molecule has 1 aliphatic carbocycles. The van der Waals surface area contributed by atoms with Gasteiger partial charge in [-0.1, -0.05) is 12.2 Å². The molecule has 2 nitrogen and oxygen atoms in total. The van der Waals surface area contributed by atoms with Crippen LogP contribution in [0.25, 0.3) is 0 Å². The maximum absolute atomic E-state index is 10.3. The molecule has 0 aromatic rings. The molecule has 0 aromatic carbocycles. The van der Waals surface area contributed by atoms with Crippen LogP contribution in [0.5, 0.6) is 0 Å². The van der Waals surface area contributed by atoms with Gasteiger partial charge >= 0.3 is 5.97 Å². The third-order valence-electron chi connectivity index (χ3n) is 1.52. The highest BCUT2D eigenvalue weighted by Crippen LogP contribution is 2.31. The van der Waals surface area contributed by atoms with E-state index in [0.29, 0.717) is 6.42 Å². The largest absolute Gasteiger partial charge is 0.481 e. The summed E-state index contributed by atoms with van der Waals surface area (Å²) >= 11 is 0. The SMILES string of the molecule is CC1(C(=O)O)C=CC1. The van der Waals surface area contributed by atoms with Crippen molar-refractivity contribution in [3.8, 4) is 0 Å². The zero-order chi connectivity index (χ0) is 6.20. The van der Waals surface area contributed by atoms with E-state index < -0.39 is 11.4 Å². The van der Waals surface area contributed by atoms with Crippen molar-refractivity contribution in [3.05, 3.63) is 12.2 Å². The summed E-state index contributed by atoms with van der Waals surface area (Å²) in [7, 11) is 0. The molecule has 0 saturated heterocycles. The number of rotatable bonds is 1. The van der Waals surface area contributed by atoms with Gasteiger partial charge in [-0.05, 0) is 13.3 Å². The number of aliphatic carboxylic acids is 1. The summed E-state index contributed by atoms with van der Waals surface area (Å²) < 4.78 is 0. The van der Waals surface area contributed by atoms with E-state index >= 15 is 0 Å². The lowest BCUT2D eigenvalue weighted by molar-refractivity contribution is -0.145. The van der Waals surface area contributed by atoms with Crippen molar-refractivity contribution >= 4 is 5.97 Å². The van der Waals surface area contributed by atoms with E-state index in [-0.39, 0.29) is 0 Å². The molecule has 0 aromatic heterocycles. The van der Waals surface area contributed by atoms with Gasteiger partial charge in [0.25, 0.3) is 0 Å². The molecule has 0 aliphatic heterocycles. The molecule has 0 heterocycles. The van der Waals surface area contributed by atoms with Crippen LogP contribution in [0, 0.1) is 5.41 Å². The zero-order valence-electron chi connectivity index (χ0n) is 4.72. The minimum atomic E-state index is -0.722. The first kappa shape index (κ1) is 5.35. The van der Waals surface area contributed by atoms with Gasteiger partial charge in [-0.25, -0.2) is 0 Å². The topological polar surface area (TPSA) is 37.3 Å². The second kappa shape index (κ2) is 1.34. The zero-order valence-corrected chi connectivity index (χ0v) is 4.72. The van der Waals surface area contributed by atoms with Crippen molar-refractivity contribution in [1.82, 2.24) is 0 Å². The van der Waals surface area contributed by atoms with Gasteiger partial charge in [-0.2, -0.15) is 0 Å². The van der Waals surface area contributed by atoms with Gasteiger partial charge in [0, 0.05) is 0 Å². The molecule has 8 heavy (non-hydrogen) atoms. The Hall–Kier alpha value is -0.790. The van der Waals surface area contributed by atoms with Crippen molar-refractivity contribution in [2.24, 2.45) is 5.41 Å². The van der Waals surface area contributed by atoms with E-state index in [1.807, 2.05) is 6.08 Å². The van der Waals surface area contributed by atoms with Crippen LogP contribution in [0.4, 0.5) is 0 Å². The molecular formula is C6H8O2. The standard InChI is InChI=1S/C6H8O2/c1-6(5(7)8)3-2-4-6/h2-3H,4H2,1H3,(H,7,8). The number of allylic oxidation sites excluding steroid dienone is 1. The summed E-state index contributed by atoms with van der Waals surface area (Å²) in [4.78, 5) is 10.3. The van der Waals surface area contributed by atoms with E-state index in [2.05, 4.69) is 0 Å². The molecular weight excluding hydrogens is 104 g/mol. The summed E-state index contributed by atoms with van der Waals surface area (Å²) in [5, 5.41) is 8.44. The predicted molar refractivity (Wildman–Crippen MR) is 29.5 cm³/mol. The average Bonchev–Trinajstić information content (AvgIpc) is 1.60. The third-order valence-corrected chi connectivity index (χ3v) is 1.52. The van der Waals surface area contributed by atoms with Gasteiger partial charge in [0.15, 0.2) is 0 Å². The van der Waals surface area contributed by atoms with Crippen LogP contribution >= 0.6 is 0 Å². The van der Waals surface area contributed by atoms with Crippen molar-refractivity contribution in [2.75, 3.05) is 0 Å². The molecule has 1 atom stereocenters. The lowest BCUT2D eigenvalue weighted by Gasteiger charge is -2.25. The highest BCUT2D eigenvalue weighted by Gasteiger charge is 2.33. The fourth-order valence-electron chi connectivity index (χ4n) is 0.630. The Bertz CT molecular complexity index is 149. The molecule has 0 bridgehead atoms. The average molecular weight is 112 g/mol. The van der Waals surface area contributed by atoms with Gasteiger partial charge in [0.1, 0.15) is 0 Å². The van der Waals surface area contributed by atoms with E-state index in [9.17, 15) is 4.79 Å². The van der Waals surface area contributed by atoms with Crippen LogP contribution in [-0.2, 0) is 4.79 Å². The first-order valence-corrected chi connectivity index (χ1v) is 2.56. The number of hydrogen-bond donors (Lipinski definition) is 1. The lowest BCUT2D eigenvalue weighted by Crippen LogP contribution is -2.29. The Kier molecular flexibility index (Phi) is 0.897. The molecule has 0 saturated carbocycles. The van der Waals surface area contributed by atoms with Gasteiger partial charge < -0.3 is 5.11 Å². The normalized spacial score (nSPS) is 34.1. The number of carboxylic acids is 1. The Morgan fingerprint density at radius 2 is 2.38 bits per heavy atom. The van der Waals surface area contributed by atoms with Gasteiger partial charge in [0.05, 0.1) is 5.41 Å². The molecule has 0 radical (unpaired) electrons. The van der Waals surface area contributed by atoms with E-state index in [1.54, 1.807) is 13.0 Å². The Morgan fingerprint density at radius 3 is 2.38 bits per heavy atom. The van der Waals surface area contributed by atoms with Crippen molar-refractivity contribution in [3.63, 3.8) is 0 Å². The number of hydrogen-bond acceptors (Lipinski definition) is 1. The Labute approximate surface area is 47.8 Å². The van der Waals surface area contributed by atoms with Crippen LogP contribution in [0.3, 0.4) is 0 Å². The minimum Gasteiger partial charge on any atom is -0.481 e. The van der Waals surface area contributed by atoms with E-state index in [0.717, 1.165) is 0 Å². The summed E-state index contributed by atoms with van der Waals surface area (Å²) in [5.41, 5.74) is -0.542. The maximum atomic E-state index is 10.3. The second-order valence-electron chi connectivity index (χ2n) is 2.33. The highest BCUT2D eigenvalue weighted by molar-refractivity contribution is 5.78. The maximum Gasteiger partial charge on any atom is 0.313 e. The van der Waals surface area contributed by atoms with Crippen LogP contribution < -0.4 is 0 Å². The highest BCUT2D eigenvalue weighted by atomic mass is 16.4. The van der Waals surface area contributed by atoms with Crippen molar-refractivity contribution in [1.29, 1.82) is 0 Å². The predicted octanol–water partition coefficient (Wildman–Crippen LogP) is 1.04. The second-order valence-corrected chi connectivity index (χ2v) is 2.33. The molecule has 0 spiro atoms. The van der Waals surface area contributed by atoms with E-state index in [4.69, 9.17) is 5.11 Å². The Morgan fingerprint density at radius 1 is 1.88 bits per heavy atom. The first-order chi connectivity index (χ1) is 3.65. The monoisotopic (exact) mass is 112 g/mol. The van der Waals surface area contributed by atoms with Gasteiger partial charge in [-0.3, -0.25) is 4.79 Å². The van der Waals surface area contributed by atoms with Crippen molar-refractivity contribution in [2.45, 2.75) is 13.3 Å². The van der Waals surface area contributed by atoms with E-state index in [1.165, 1.54) is 0 Å². The molecule has 0 fully saturated rings. The van der Waals surface area contributed by atoms with Crippen LogP contribution in [0.1, 0.15) is 13.3 Å². The third kappa shape index (κ3) is 0.529. The van der Waals surface area contributed by atoms with Crippen LogP contribution in [0.15, 0.2) is 12.2 Å². The molecule has 0 amide bonds. The first-order valence-electron chi connectivity index (χ1n) is 2.56. The summed E-state index contributed by atoms with van der Waals surface area (Å²) in [6, 6.07) is 0. The number of carboxylic acid groups (broad SMARTS) is 1. The number of carbonyl (C=O) groups is 1. The molecule has 1 aliphatic rings. The Balaban J connectivity index is 2.70. The minimum absolute atomic E-state index is 0.542. The van der Waals surface area contributed by atoms with Gasteiger partial charge in [0.2, 0.25) is 0 Å². The lowest BCUT2D eigenvalue weighted by atomic mass is 9.78. The molecule has 2 heteroatoms. The summed E-state index contributed by atoms with van der Waals surface area (Å²) in [6.45, 7) is 1.72. The molecule has 1 rings (SSSR count). The molecule has 1 N–H and O–H groups in total. The fraction of sp³-hybridized carbons (Fsp3) is 0.500. The van der Waals surface area contributed by atoms with Crippen LogP contribution in [-0.4, -0.2) is 11.1 Å². The molecule has 1 unspecified atom stereocenters. The fourth-order valence-corrected chi connectivity index (χ4v) is 0.630. The van der Waals surface area contributed by atoms with Gasteiger partial charge in [-0.15, -0.1) is 0 Å². The summed E-state index contributed by atoms with van der Waals surface area (Å²) in [5.74, 6) is -0.722. The van der Waals surface area contributed by atoms with Crippen LogP contribution in [0.2, 0.25) is 0 Å². The quantitative estimate of drug-likeness (QED) is 0.514. The summed E-state index contributed by atoms with van der Waals surface area (Å²) in [6.07, 6.45) is 4.27.